The molecular formula is C22H20BrCl2N3O2. The fourth-order valence-electron chi connectivity index (χ4n) is 3.09. The Morgan fingerprint density at radius 1 is 1.17 bits per heavy atom. The van der Waals surface area contributed by atoms with Gasteiger partial charge >= 0.3 is 0 Å². The third-order valence-corrected chi connectivity index (χ3v) is 6.14. The summed E-state index contributed by atoms with van der Waals surface area (Å²) >= 11 is 15.5. The molecule has 8 heteroatoms. The quantitative estimate of drug-likeness (QED) is 0.328. The molecule has 0 unspecified atom stereocenters. The third-order valence-electron chi connectivity index (χ3n) is 4.61. The molecule has 3 aromatic rings. The van der Waals surface area contributed by atoms with E-state index in [1.54, 1.807) is 24.4 Å². The number of hydrogen-bond donors (Lipinski definition) is 1. The zero-order valence-electron chi connectivity index (χ0n) is 16.7. The van der Waals surface area contributed by atoms with Crippen molar-refractivity contribution in [3.63, 3.8) is 0 Å². The number of carbonyl (C=O) groups excluding carboxylic acids is 1. The van der Waals surface area contributed by atoms with Crippen LogP contribution in [0.4, 0.5) is 0 Å². The van der Waals surface area contributed by atoms with Crippen molar-refractivity contribution in [3.05, 3.63) is 79.5 Å². The molecule has 1 aromatic heterocycles. The highest BCUT2D eigenvalue weighted by Gasteiger charge is 2.16. The van der Waals surface area contributed by atoms with Crippen LogP contribution >= 0.6 is 39.1 Å². The maximum atomic E-state index is 12.1. The smallest absolute Gasteiger partial charge is 0.277 e. The van der Waals surface area contributed by atoms with E-state index in [-0.39, 0.29) is 6.61 Å². The highest BCUT2D eigenvalue weighted by molar-refractivity contribution is 9.10. The van der Waals surface area contributed by atoms with E-state index >= 15 is 0 Å². The number of para-hydroxylation sites is 1. The molecule has 1 amide bonds. The van der Waals surface area contributed by atoms with E-state index in [2.05, 4.69) is 50.1 Å². The summed E-state index contributed by atoms with van der Waals surface area (Å²) in [5, 5.41) is 4.92. The van der Waals surface area contributed by atoms with Crippen LogP contribution in [0.3, 0.4) is 0 Å². The van der Waals surface area contributed by atoms with Crippen LogP contribution < -0.4 is 10.2 Å². The third kappa shape index (κ3) is 4.89. The Morgan fingerprint density at radius 3 is 2.60 bits per heavy atom. The van der Waals surface area contributed by atoms with Gasteiger partial charge in [-0.05, 0) is 66.5 Å². The van der Waals surface area contributed by atoms with Crippen molar-refractivity contribution in [1.82, 2.24) is 9.99 Å². The predicted octanol–water partition coefficient (Wildman–Crippen LogP) is 6.00. The topological polar surface area (TPSA) is 55.6 Å². The van der Waals surface area contributed by atoms with Gasteiger partial charge in [-0.15, -0.1) is 0 Å². The van der Waals surface area contributed by atoms with Gasteiger partial charge in [-0.3, -0.25) is 4.79 Å². The van der Waals surface area contributed by atoms with E-state index in [4.69, 9.17) is 27.9 Å². The Balaban J connectivity index is 1.70. The first-order chi connectivity index (χ1) is 14.3. The maximum Gasteiger partial charge on any atom is 0.277 e. The number of rotatable bonds is 6. The molecule has 0 atom stereocenters. The van der Waals surface area contributed by atoms with Crippen molar-refractivity contribution in [1.29, 1.82) is 0 Å². The minimum atomic E-state index is -0.402. The van der Waals surface area contributed by atoms with Crippen molar-refractivity contribution in [2.24, 2.45) is 5.10 Å². The van der Waals surface area contributed by atoms with Gasteiger partial charge in [0, 0.05) is 32.1 Å². The molecule has 1 N–H and O–H groups in total. The van der Waals surface area contributed by atoms with Crippen LogP contribution in [0.2, 0.25) is 10.0 Å². The second-order valence-electron chi connectivity index (χ2n) is 6.68. The van der Waals surface area contributed by atoms with Gasteiger partial charge in [0.15, 0.2) is 6.61 Å². The maximum absolute atomic E-state index is 12.1. The van der Waals surface area contributed by atoms with E-state index in [1.807, 2.05) is 26.0 Å². The van der Waals surface area contributed by atoms with Crippen LogP contribution in [-0.4, -0.2) is 23.3 Å². The molecule has 1 heterocycles. The van der Waals surface area contributed by atoms with Crippen molar-refractivity contribution in [2.45, 2.75) is 20.8 Å². The Hall–Kier alpha value is -2.28. The summed E-state index contributed by atoms with van der Waals surface area (Å²) in [6, 6.07) is 13.0. The molecule has 0 bridgehead atoms. The molecular weight excluding hydrogens is 489 g/mol. The molecule has 0 saturated heterocycles. The summed E-state index contributed by atoms with van der Waals surface area (Å²) in [7, 11) is 0. The molecule has 0 fully saturated rings. The van der Waals surface area contributed by atoms with Crippen LogP contribution in [0.15, 0.2) is 52.0 Å². The van der Waals surface area contributed by atoms with Crippen LogP contribution in [0.1, 0.15) is 22.5 Å². The first-order valence-corrected chi connectivity index (χ1v) is 10.7. The van der Waals surface area contributed by atoms with Crippen molar-refractivity contribution < 1.29 is 9.53 Å². The van der Waals surface area contributed by atoms with Gasteiger partial charge < -0.3 is 9.30 Å². The van der Waals surface area contributed by atoms with E-state index in [0.717, 1.165) is 27.1 Å². The van der Waals surface area contributed by atoms with Gasteiger partial charge in [0.05, 0.1) is 11.2 Å². The van der Waals surface area contributed by atoms with Gasteiger partial charge in [-0.2, -0.15) is 5.10 Å². The van der Waals surface area contributed by atoms with E-state index in [0.29, 0.717) is 15.8 Å². The minimum absolute atomic E-state index is 0.220. The largest absolute Gasteiger partial charge is 0.482 e. The van der Waals surface area contributed by atoms with Crippen LogP contribution in [0.5, 0.6) is 5.75 Å². The minimum Gasteiger partial charge on any atom is -0.482 e. The summed E-state index contributed by atoms with van der Waals surface area (Å²) in [4.78, 5) is 12.1. The zero-order chi connectivity index (χ0) is 21.8. The number of nitrogens with one attached hydrogen (secondary N) is 1. The lowest BCUT2D eigenvalue weighted by Gasteiger charge is -2.12. The molecule has 0 radical (unpaired) electrons. The monoisotopic (exact) mass is 507 g/mol. The van der Waals surface area contributed by atoms with Crippen LogP contribution in [0, 0.1) is 20.8 Å². The highest BCUT2D eigenvalue weighted by atomic mass is 79.9. The van der Waals surface area contributed by atoms with Crippen LogP contribution in [-0.2, 0) is 4.79 Å². The second kappa shape index (κ2) is 9.69. The number of amides is 1. The summed E-state index contributed by atoms with van der Waals surface area (Å²) in [5.74, 6) is -0.0224. The summed E-state index contributed by atoms with van der Waals surface area (Å²) in [6.07, 6.45) is 1.62. The summed E-state index contributed by atoms with van der Waals surface area (Å²) in [5.41, 5.74) is 7.69. The number of aryl methyl sites for hydroxylation is 1. The number of hydrogen-bond acceptors (Lipinski definition) is 3. The first-order valence-electron chi connectivity index (χ1n) is 9.12. The molecule has 5 nitrogen and oxygen atoms in total. The van der Waals surface area contributed by atoms with E-state index < -0.39 is 5.91 Å². The number of hydrazone groups is 1. The Labute approximate surface area is 193 Å². The van der Waals surface area contributed by atoms with Gasteiger partial charge in [-0.1, -0.05) is 41.4 Å². The SMILES string of the molecule is Cc1ccccc1-n1c(C)c(Br)c(/C=N\NC(=O)COc2ccc(Cl)cc2Cl)c1C. The van der Waals surface area contributed by atoms with Gasteiger partial charge in [-0.25, -0.2) is 5.43 Å². The lowest BCUT2D eigenvalue weighted by atomic mass is 10.2. The number of nitrogens with zero attached hydrogens (tertiary/aromatic N) is 2. The predicted molar refractivity (Wildman–Crippen MR) is 125 cm³/mol. The summed E-state index contributed by atoms with van der Waals surface area (Å²) in [6.45, 7) is 5.90. The number of benzene rings is 2. The van der Waals surface area contributed by atoms with E-state index in [9.17, 15) is 4.79 Å². The normalized spacial score (nSPS) is 11.1. The number of halogens is 3. The summed E-state index contributed by atoms with van der Waals surface area (Å²) < 4.78 is 8.49. The average molecular weight is 509 g/mol. The molecule has 0 aliphatic carbocycles. The van der Waals surface area contributed by atoms with E-state index in [1.165, 1.54) is 5.56 Å². The molecule has 30 heavy (non-hydrogen) atoms. The molecule has 3 rings (SSSR count). The lowest BCUT2D eigenvalue weighted by molar-refractivity contribution is -0.123. The van der Waals surface area contributed by atoms with Crippen LogP contribution in [0.25, 0.3) is 5.69 Å². The number of aromatic nitrogens is 1. The molecule has 0 saturated carbocycles. The Morgan fingerprint density at radius 2 is 1.90 bits per heavy atom. The lowest BCUT2D eigenvalue weighted by Crippen LogP contribution is -2.24. The van der Waals surface area contributed by atoms with Crippen molar-refractivity contribution in [2.75, 3.05) is 6.61 Å². The fourth-order valence-corrected chi connectivity index (χ4v) is 4.12. The average Bonchev–Trinajstić information content (AvgIpc) is 2.91. The van der Waals surface area contributed by atoms with Crippen molar-refractivity contribution >= 4 is 51.3 Å². The molecule has 0 aliphatic heterocycles. The molecule has 2 aromatic carbocycles. The van der Waals surface area contributed by atoms with Gasteiger partial charge in [0.1, 0.15) is 5.75 Å². The fraction of sp³-hybridized carbons (Fsp3) is 0.182. The number of carbonyl (C=O) groups is 1. The standard InChI is InChI=1S/C22H20BrCl2N3O2/c1-13-6-4-5-7-19(13)28-14(2)17(22(23)15(28)3)11-26-27-21(29)12-30-20-9-8-16(24)10-18(20)25/h4-11H,12H2,1-3H3,(H,27,29)/b26-11-. The van der Waals surface area contributed by atoms with Gasteiger partial charge in [0.25, 0.3) is 5.91 Å². The number of ether oxygens (including phenoxy) is 1. The first kappa shape index (κ1) is 22.4. The molecule has 0 spiro atoms. The molecule has 156 valence electrons. The second-order valence-corrected chi connectivity index (χ2v) is 8.31. The van der Waals surface area contributed by atoms with Crippen molar-refractivity contribution in [3.8, 4) is 11.4 Å². The highest BCUT2D eigenvalue weighted by Crippen LogP contribution is 2.30. The Bertz CT molecular complexity index is 1130. The zero-order valence-corrected chi connectivity index (χ0v) is 19.8. The Kier molecular flexibility index (Phi) is 7.23. The van der Waals surface area contributed by atoms with Gasteiger partial charge in [0.2, 0.25) is 0 Å². The molecule has 0 aliphatic rings.